The Morgan fingerprint density at radius 3 is 2.68 bits per heavy atom. The van der Waals surface area contributed by atoms with Crippen LogP contribution in [-0.4, -0.2) is 19.9 Å². The van der Waals surface area contributed by atoms with Crippen LogP contribution >= 0.6 is 15.9 Å². The summed E-state index contributed by atoms with van der Waals surface area (Å²) in [5.74, 6) is -3.09. The molecule has 19 heavy (non-hydrogen) atoms. The number of hydrogen-bond donors (Lipinski definition) is 1. The van der Waals surface area contributed by atoms with Crippen LogP contribution in [0.15, 0.2) is 16.9 Å². The van der Waals surface area contributed by atoms with Crippen molar-refractivity contribution >= 4 is 15.9 Å². The minimum atomic E-state index is -1.27. The average molecular weight is 334 g/mol. The van der Waals surface area contributed by atoms with Crippen molar-refractivity contribution in [1.82, 2.24) is 14.8 Å². The third-order valence-corrected chi connectivity index (χ3v) is 3.42. The summed E-state index contributed by atoms with van der Waals surface area (Å²) in [5, 5.41) is 13.7. The molecule has 4 nitrogen and oxygen atoms in total. The maximum Gasteiger partial charge on any atom is 0.217 e. The van der Waals surface area contributed by atoms with E-state index in [0.29, 0.717) is 0 Å². The van der Waals surface area contributed by atoms with Crippen LogP contribution in [0.1, 0.15) is 30.0 Å². The summed E-state index contributed by atoms with van der Waals surface area (Å²) in [7, 11) is 0. The zero-order chi connectivity index (χ0) is 13.7. The fraction of sp³-hybridized carbons (Fsp3) is 0.273. The molecule has 0 amide bonds. The van der Waals surface area contributed by atoms with Gasteiger partial charge in [-0.2, -0.15) is 0 Å². The fourth-order valence-corrected chi connectivity index (χ4v) is 2.62. The third kappa shape index (κ3) is 1.86. The molecule has 0 saturated carbocycles. The van der Waals surface area contributed by atoms with Crippen LogP contribution in [0.25, 0.3) is 0 Å². The zero-order valence-corrected chi connectivity index (χ0v) is 10.9. The van der Waals surface area contributed by atoms with E-state index < -0.39 is 35.2 Å². The van der Waals surface area contributed by atoms with Crippen molar-refractivity contribution in [2.75, 3.05) is 0 Å². The summed E-state index contributed by atoms with van der Waals surface area (Å²) in [4.78, 5) is 3.91. The number of benzene rings is 1. The first-order valence-electron chi connectivity index (χ1n) is 5.42. The molecule has 1 aliphatic heterocycles. The first-order valence-corrected chi connectivity index (χ1v) is 6.21. The van der Waals surface area contributed by atoms with Crippen LogP contribution in [0, 0.1) is 17.5 Å². The third-order valence-electron chi connectivity index (χ3n) is 3.08. The molecule has 2 unspecified atom stereocenters. The largest absolute Gasteiger partial charge is 0.385 e. The van der Waals surface area contributed by atoms with Crippen LogP contribution in [0.2, 0.25) is 0 Å². The summed E-state index contributed by atoms with van der Waals surface area (Å²) in [6, 6.07) is 0.654. The van der Waals surface area contributed by atoms with Gasteiger partial charge in [-0.1, -0.05) is 0 Å². The Kier molecular flexibility index (Phi) is 2.86. The molecule has 0 saturated heterocycles. The van der Waals surface area contributed by atoms with Crippen LogP contribution in [0.4, 0.5) is 13.2 Å². The maximum absolute atomic E-state index is 13.8. The molecule has 2 atom stereocenters. The minimum absolute atomic E-state index is 0.0000926. The molecule has 1 aromatic carbocycles. The lowest BCUT2D eigenvalue weighted by molar-refractivity contribution is 0.171. The molecule has 100 valence electrons. The summed E-state index contributed by atoms with van der Waals surface area (Å²) in [6.45, 7) is 0. The lowest BCUT2D eigenvalue weighted by atomic mass is 10.0. The molecule has 1 aliphatic rings. The lowest BCUT2D eigenvalue weighted by Crippen LogP contribution is -2.12. The molecule has 1 aromatic heterocycles. The topological polar surface area (TPSA) is 50.9 Å². The van der Waals surface area contributed by atoms with Crippen molar-refractivity contribution in [3.63, 3.8) is 0 Å². The Labute approximate surface area is 114 Å². The van der Waals surface area contributed by atoms with Gasteiger partial charge < -0.3 is 5.11 Å². The van der Waals surface area contributed by atoms with E-state index in [9.17, 15) is 18.3 Å². The van der Waals surface area contributed by atoms with E-state index in [2.05, 4.69) is 26.0 Å². The summed E-state index contributed by atoms with van der Waals surface area (Å²) in [6.07, 6.45) is -0.995. The van der Waals surface area contributed by atoms with Gasteiger partial charge in [-0.15, -0.1) is 5.10 Å². The lowest BCUT2D eigenvalue weighted by Gasteiger charge is -2.14. The number of hydrogen-bond acceptors (Lipinski definition) is 3. The molecule has 0 fully saturated rings. The van der Waals surface area contributed by atoms with Crippen molar-refractivity contribution < 1.29 is 18.3 Å². The predicted octanol–water partition coefficient (Wildman–Crippen LogP) is 2.48. The zero-order valence-electron chi connectivity index (χ0n) is 9.32. The average Bonchev–Trinajstić information content (AvgIpc) is 2.86. The van der Waals surface area contributed by atoms with Crippen molar-refractivity contribution in [3.05, 3.63) is 45.7 Å². The normalized spacial score (nSPS) is 21.7. The SMILES string of the molecule is OC1CC(c2c(F)ccc(F)c2F)n2nc(Br)nc21. The van der Waals surface area contributed by atoms with E-state index in [4.69, 9.17) is 0 Å². The number of aliphatic hydroxyl groups is 1. The Morgan fingerprint density at radius 2 is 1.95 bits per heavy atom. The van der Waals surface area contributed by atoms with Gasteiger partial charge in [0.15, 0.2) is 17.5 Å². The van der Waals surface area contributed by atoms with E-state index in [1.165, 1.54) is 4.68 Å². The van der Waals surface area contributed by atoms with Crippen LogP contribution in [0.3, 0.4) is 0 Å². The van der Waals surface area contributed by atoms with Gasteiger partial charge >= 0.3 is 0 Å². The molecule has 2 aromatic rings. The number of aliphatic hydroxyl groups excluding tert-OH is 1. The Morgan fingerprint density at radius 1 is 1.26 bits per heavy atom. The van der Waals surface area contributed by atoms with Crippen LogP contribution in [-0.2, 0) is 0 Å². The smallest absolute Gasteiger partial charge is 0.217 e. The van der Waals surface area contributed by atoms with Gasteiger partial charge in [-0.3, -0.25) is 0 Å². The van der Waals surface area contributed by atoms with Crippen molar-refractivity contribution in [3.8, 4) is 0 Å². The van der Waals surface area contributed by atoms with Gasteiger partial charge in [-0.25, -0.2) is 22.8 Å². The van der Waals surface area contributed by atoms with Gasteiger partial charge in [0, 0.05) is 6.42 Å². The molecule has 0 bridgehead atoms. The summed E-state index contributed by atoms with van der Waals surface area (Å²) in [5.41, 5.74) is -0.449. The minimum Gasteiger partial charge on any atom is -0.385 e. The van der Waals surface area contributed by atoms with Crippen LogP contribution in [0.5, 0.6) is 0 Å². The van der Waals surface area contributed by atoms with Crippen molar-refractivity contribution in [1.29, 1.82) is 0 Å². The van der Waals surface area contributed by atoms with Crippen molar-refractivity contribution in [2.45, 2.75) is 18.6 Å². The first-order chi connectivity index (χ1) is 8.99. The Hall–Kier alpha value is -1.41. The van der Waals surface area contributed by atoms with E-state index in [-0.39, 0.29) is 17.0 Å². The van der Waals surface area contributed by atoms with E-state index in [0.717, 1.165) is 12.1 Å². The molecule has 0 aliphatic carbocycles. The van der Waals surface area contributed by atoms with Gasteiger partial charge in [-0.05, 0) is 28.1 Å². The predicted molar refractivity (Wildman–Crippen MR) is 61.8 cm³/mol. The van der Waals surface area contributed by atoms with Crippen molar-refractivity contribution in [2.24, 2.45) is 0 Å². The number of fused-ring (bicyclic) bond motifs is 1. The molecule has 0 spiro atoms. The van der Waals surface area contributed by atoms with Crippen LogP contribution < -0.4 is 0 Å². The number of nitrogens with zero attached hydrogens (tertiary/aromatic N) is 3. The molecule has 8 heteroatoms. The monoisotopic (exact) mass is 333 g/mol. The maximum atomic E-state index is 13.8. The van der Waals surface area contributed by atoms with E-state index in [1.54, 1.807) is 0 Å². The molecule has 3 rings (SSSR count). The molecular weight excluding hydrogens is 327 g/mol. The summed E-state index contributed by atoms with van der Waals surface area (Å²) >= 11 is 3.02. The number of aromatic nitrogens is 3. The highest BCUT2D eigenvalue weighted by atomic mass is 79.9. The molecule has 1 N–H and O–H groups in total. The quantitative estimate of drug-likeness (QED) is 0.816. The second kappa shape index (κ2) is 4.31. The molecular formula is C11H7BrF3N3O. The van der Waals surface area contributed by atoms with Gasteiger partial charge in [0.1, 0.15) is 11.9 Å². The highest BCUT2D eigenvalue weighted by molar-refractivity contribution is 9.10. The van der Waals surface area contributed by atoms with Gasteiger partial charge in [0.25, 0.3) is 0 Å². The molecule has 0 radical (unpaired) electrons. The number of rotatable bonds is 1. The molecule has 2 heterocycles. The highest BCUT2D eigenvalue weighted by Gasteiger charge is 2.37. The first kappa shape index (κ1) is 12.6. The fourth-order valence-electron chi connectivity index (χ4n) is 2.27. The Bertz CT molecular complexity index is 661. The van der Waals surface area contributed by atoms with E-state index >= 15 is 0 Å². The highest BCUT2D eigenvalue weighted by Crippen LogP contribution is 2.39. The Balaban J connectivity index is 2.17. The second-order valence-electron chi connectivity index (χ2n) is 4.21. The van der Waals surface area contributed by atoms with Gasteiger partial charge in [0.2, 0.25) is 4.73 Å². The van der Waals surface area contributed by atoms with E-state index in [1.807, 2.05) is 0 Å². The summed E-state index contributed by atoms with van der Waals surface area (Å²) < 4.78 is 42.2. The van der Waals surface area contributed by atoms with Gasteiger partial charge in [0.05, 0.1) is 11.6 Å². The second-order valence-corrected chi connectivity index (χ2v) is 4.92. The number of halogens is 4. The standard InChI is InChI=1S/C11H7BrF3N3O/c12-11-16-10-7(19)3-6(18(10)17-11)8-4(13)1-2-5(14)9(8)15/h1-2,6-7,19H,3H2.